The molecule has 0 saturated heterocycles. The molecule has 0 aromatic heterocycles. The molecule has 0 aromatic rings. The van der Waals surface area contributed by atoms with E-state index in [4.69, 9.17) is 4.74 Å². The maximum absolute atomic E-state index is 12.5. The number of ether oxygens (including phenoxy) is 1. The minimum absolute atomic E-state index is 0.0223. The monoisotopic (exact) mass is 1140 g/mol. The molecule has 0 rings (SSSR count). The van der Waals surface area contributed by atoms with Crippen molar-refractivity contribution < 1.29 is 24.5 Å². The van der Waals surface area contributed by atoms with Crippen LogP contribution in [0, 0.1) is 0 Å². The molecule has 0 saturated carbocycles. The van der Waals surface area contributed by atoms with E-state index in [1.54, 1.807) is 0 Å². The van der Waals surface area contributed by atoms with Gasteiger partial charge in [-0.1, -0.05) is 372 Å². The van der Waals surface area contributed by atoms with Gasteiger partial charge in [0.25, 0.3) is 0 Å². The van der Waals surface area contributed by atoms with E-state index >= 15 is 0 Å². The van der Waals surface area contributed by atoms with E-state index in [0.717, 1.165) is 44.9 Å². The largest absolute Gasteiger partial charge is 0.466 e. The van der Waals surface area contributed by atoms with Crippen LogP contribution in [0.2, 0.25) is 0 Å². The highest BCUT2D eigenvalue weighted by Crippen LogP contribution is 2.19. The number of carbonyl (C=O) groups excluding carboxylic acids is 2. The summed E-state index contributed by atoms with van der Waals surface area (Å²) in [5, 5.41) is 23.2. The van der Waals surface area contributed by atoms with Gasteiger partial charge in [-0.3, -0.25) is 9.59 Å². The fraction of sp³-hybridized carbons (Fsp3) is 0.920. The molecule has 2 unspecified atom stereocenters. The molecule has 6 nitrogen and oxygen atoms in total. The molecule has 0 bridgehead atoms. The van der Waals surface area contributed by atoms with Gasteiger partial charge in [-0.15, -0.1) is 0 Å². The Morgan fingerprint density at radius 1 is 0.346 bits per heavy atom. The first kappa shape index (κ1) is 79.3. The Hall–Kier alpha value is -1.66. The quantitative estimate of drug-likeness (QED) is 0.0320. The Balaban J connectivity index is 3.32. The first-order valence-corrected chi connectivity index (χ1v) is 37.1. The molecule has 0 aliphatic heterocycles. The summed E-state index contributed by atoms with van der Waals surface area (Å²) in [6, 6.07) is -0.538. The van der Waals surface area contributed by atoms with Gasteiger partial charge in [0.1, 0.15) is 0 Å². The predicted molar refractivity (Wildman–Crippen MR) is 356 cm³/mol. The standard InChI is InChI=1S/C75H145NO5/c1-3-5-7-9-11-13-15-16-17-18-36-40-43-46-49-53-57-61-65-69-75(80)81-70-66-62-58-54-50-47-44-41-38-35-33-31-29-27-25-23-21-19-20-22-24-26-28-30-32-34-37-39-42-45-48-52-56-60-64-68-74(79)76-72(71-77)73(78)67-63-59-55-51-14-12-10-8-6-4-2/h21,23,27,29,72-73,77-78H,3-20,22,24-26,28,30-71H2,1-2H3,(H,76,79)/b23-21-,29-27-. The van der Waals surface area contributed by atoms with Gasteiger partial charge in [0.05, 0.1) is 25.4 Å². The van der Waals surface area contributed by atoms with Crippen LogP contribution in [0.1, 0.15) is 418 Å². The van der Waals surface area contributed by atoms with Gasteiger partial charge in [-0.05, 0) is 57.8 Å². The van der Waals surface area contributed by atoms with Gasteiger partial charge in [0.2, 0.25) is 5.91 Å². The van der Waals surface area contributed by atoms with Crippen LogP contribution in [0.15, 0.2) is 24.3 Å². The van der Waals surface area contributed by atoms with E-state index in [-0.39, 0.29) is 18.5 Å². The number of aliphatic hydroxyl groups is 2. The second-order valence-corrected chi connectivity index (χ2v) is 25.6. The van der Waals surface area contributed by atoms with Crippen LogP contribution in [-0.2, 0) is 14.3 Å². The molecule has 2 atom stereocenters. The summed E-state index contributed by atoms with van der Waals surface area (Å²) in [5.74, 6) is -0.0100. The lowest BCUT2D eigenvalue weighted by Gasteiger charge is -2.22. The molecule has 0 aliphatic rings. The van der Waals surface area contributed by atoms with Crippen LogP contribution >= 0.6 is 0 Å². The van der Waals surface area contributed by atoms with Crippen LogP contribution in [0.5, 0.6) is 0 Å². The number of nitrogens with one attached hydrogen (secondary N) is 1. The summed E-state index contributed by atoms with van der Waals surface area (Å²) < 4.78 is 5.51. The van der Waals surface area contributed by atoms with Crippen LogP contribution in [0.4, 0.5) is 0 Å². The molecule has 480 valence electrons. The van der Waals surface area contributed by atoms with E-state index in [1.165, 1.54) is 340 Å². The van der Waals surface area contributed by atoms with Crippen molar-refractivity contribution in [2.24, 2.45) is 0 Å². The number of rotatable bonds is 70. The third kappa shape index (κ3) is 67.3. The molecule has 1 amide bonds. The number of allylic oxidation sites excluding steroid dienone is 4. The molecule has 0 spiro atoms. The Morgan fingerprint density at radius 3 is 0.938 bits per heavy atom. The smallest absolute Gasteiger partial charge is 0.305 e. The Kier molecular flexibility index (Phi) is 69.4. The van der Waals surface area contributed by atoms with Crippen molar-refractivity contribution in [1.82, 2.24) is 5.32 Å². The molecule has 3 N–H and O–H groups in total. The summed E-state index contributed by atoms with van der Waals surface area (Å²) in [5.41, 5.74) is 0. The lowest BCUT2D eigenvalue weighted by atomic mass is 10.0. The molecule has 0 fully saturated rings. The van der Waals surface area contributed by atoms with E-state index < -0.39 is 12.1 Å². The molecule has 6 heteroatoms. The van der Waals surface area contributed by atoms with Crippen molar-refractivity contribution in [2.45, 2.75) is 431 Å². The first-order valence-electron chi connectivity index (χ1n) is 37.1. The van der Waals surface area contributed by atoms with Crippen molar-refractivity contribution in [1.29, 1.82) is 0 Å². The summed E-state index contributed by atoms with van der Waals surface area (Å²) in [7, 11) is 0. The van der Waals surface area contributed by atoms with Gasteiger partial charge in [-0.2, -0.15) is 0 Å². The molecular weight excluding hydrogens is 995 g/mol. The third-order valence-corrected chi connectivity index (χ3v) is 17.5. The van der Waals surface area contributed by atoms with Crippen molar-refractivity contribution in [3.63, 3.8) is 0 Å². The Morgan fingerprint density at radius 2 is 0.617 bits per heavy atom. The van der Waals surface area contributed by atoms with Crippen LogP contribution in [0.25, 0.3) is 0 Å². The zero-order valence-corrected chi connectivity index (χ0v) is 55.0. The summed E-state index contributed by atoms with van der Waals surface area (Å²) in [4.78, 5) is 24.6. The van der Waals surface area contributed by atoms with E-state index in [0.29, 0.717) is 25.9 Å². The van der Waals surface area contributed by atoms with E-state index in [1.807, 2.05) is 0 Å². The van der Waals surface area contributed by atoms with Gasteiger partial charge >= 0.3 is 5.97 Å². The Labute approximate surface area is 507 Å². The first-order chi connectivity index (χ1) is 40.0. The van der Waals surface area contributed by atoms with Crippen LogP contribution < -0.4 is 5.32 Å². The number of hydrogen-bond acceptors (Lipinski definition) is 5. The second-order valence-electron chi connectivity index (χ2n) is 25.6. The zero-order valence-electron chi connectivity index (χ0n) is 55.0. The minimum atomic E-state index is -0.660. The minimum Gasteiger partial charge on any atom is -0.466 e. The predicted octanol–water partition coefficient (Wildman–Crippen LogP) is 24.1. The molecule has 0 heterocycles. The summed E-state index contributed by atoms with van der Waals surface area (Å²) in [6.07, 6.45) is 89.8. The summed E-state index contributed by atoms with van der Waals surface area (Å²) >= 11 is 0. The van der Waals surface area contributed by atoms with Crippen LogP contribution in [0.3, 0.4) is 0 Å². The van der Waals surface area contributed by atoms with Crippen molar-refractivity contribution in [3.8, 4) is 0 Å². The molecule has 0 radical (unpaired) electrons. The molecule has 0 aliphatic carbocycles. The maximum atomic E-state index is 12.5. The SMILES string of the molecule is CCCCCCCCCCCCCCCCCCCCCC(=O)OCCCCCCCCCCCCC/C=C\C/C=C\CCCCCCCCCCCCCCCCCCCC(=O)NC(CO)C(O)CCCCCCCCCCCC. The van der Waals surface area contributed by atoms with Crippen molar-refractivity contribution in [3.05, 3.63) is 24.3 Å². The third-order valence-electron chi connectivity index (χ3n) is 17.5. The van der Waals surface area contributed by atoms with E-state index in [2.05, 4.69) is 43.5 Å². The molecular formula is C75H145NO5. The van der Waals surface area contributed by atoms with Crippen molar-refractivity contribution in [2.75, 3.05) is 13.2 Å². The summed E-state index contributed by atoms with van der Waals surface area (Å²) in [6.45, 7) is 4.98. The second kappa shape index (κ2) is 70.8. The number of unbranched alkanes of at least 4 members (excludes halogenated alkanes) is 55. The maximum Gasteiger partial charge on any atom is 0.305 e. The van der Waals surface area contributed by atoms with Gasteiger partial charge in [0.15, 0.2) is 0 Å². The van der Waals surface area contributed by atoms with Crippen LogP contribution in [-0.4, -0.2) is 47.4 Å². The highest BCUT2D eigenvalue weighted by atomic mass is 16.5. The lowest BCUT2D eigenvalue weighted by Crippen LogP contribution is -2.45. The lowest BCUT2D eigenvalue weighted by molar-refractivity contribution is -0.143. The van der Waals surface area contributed by atoms with Gasteiger partial charge in [0, 0.05) is 12.8 Å². The highest BCUT2D eigenvalue weighted by molar-refractivity contribution is 5.76. The topological polar surface area (TPSA) is 95.9 Å². The molecule has 81 heavy (non-hydrogen) atoms. The number of amides is 1. The fourth-order valence-electron chi connectivity index (χ4n) is 11.9. The zero-order chi connectivity index (χ0) is 58.5. The number of carbonyl (C=O) groups is 2. The highest BCUT2D eigenvalue weighted by Gasteiger charge is 2.20. The van der Waals surface area contributed by atoms with Gasteiger partial charge < -0.3 is 20.3 Å². The van der Waals surface area contributed by atoms with Gasteiger partial charge in [-0.25, -0.2) is 0 Å². The Bertz CT molecular complexity index is 1270. The van der Waals surface area contributed by atoms with E-state index in [9.17, 15) is 19.8 Å². The van der Waals surface area contributed by atoms with Crippen molar-refractivity contribution >= 4 is 11.9 Å². The normalized spacial score (nSPS) is 12.6. The average molecular weight is 1140 g/mol. The number of hydrogen-bond donors (Lipinski definition) is 3. The number of aliphatic hydroxyl groups excluding tert-OH is 2. The average Bonchev–Trinajstić information content (AvgIpc) is 3.47. The molecule has 0 aromatic carbocycles. The fourth-order valence-corrected chi connectivity index (χ4v) is 11.9. The number of esters is 1.